The Morgan fingerprint density at radius 3 is 2.70 bits per heavy atom. The largest absolute Gasteiger partial charge is 0.377 e. The molecule has 27 heavy (non-hydrogen) atoms. The van der Waals surface area contributed by atoms with Gasteiger partial charge in [-0.2, -0.15) is 4.98 Å². The third kappa shape index (κ3) is 5.21. The van der Waals surface area contributed by atoms with E-state index in [2.05, 4.69) is 38.2 Å². The summed E-state index contributed by atoms with van der Waals surface area (Å²) in [5, 5.41) is 4.15. The number of hydrogen-bond donors (Lipinski definition) is 0. The summed E-state index contributed by atoms with van der Waals surface area (Å²) in [7, 11) is 0. The van der Waals surface area contributed by atoms with Gasteiger partial charge in [0.25, 0.3) is 0 Å². The van der Waals surface area contributed by atoms with Crippen molar-refractivity contribution in [3.05, 3.63) is 77.7 Å². The Morgan fingerprint density at radius 2 is 1.93 bits per heavy atom. The molecule has 1 saturated heterocycles. The van der Waals surface area contributed by atoms with E-state index in [9.17, 15) is 0 Å². The highest BCUT2D eigenvalue weighted by atomic mass is 16.5. The fourth-order valence-corrected chi connectivity index (χ4v) is 3.41. The second kappa shape index (κ2) is 8.88. The van der Waals surface area contributed by atoms with Gasteiger partial charge in [0.15, 0.2) is 5.82 Å². The Bertz CT molecular complexity index is 816. The number of rotatable bonds is 8. The third-order valence-corrected chi connectivity index (χ3v) is 4.69. The highest BCUT2D eigenvalue weighted by Crippen LogP contribution is 2.17. The standard InChI is InChI=1S/C21H24N4O2/c1-2-6-17(7-3-1)12-20-23-21(27-24-20)16-25(15-19-9-5-11-26-19)14-18-8-4-10-22-13-18/h1-4,6-8,10,13,19H,5,9,11-12,14-16H2/t19-/m1/s1. The molecule has 0 aliphatic carbocycles. The van der Waals surface area contributed by atoms with Gasteiger partial charge < -0.3 is 9.26 Å². The van der Waals surface area contributed by atoms with Gasteiger partial charge in [-0.1, -0.05) is 41.6 Å². The topological polar surface area (TPSA) is 64.3 Å². The average molecular weight is 364 g/mol. The van der Waals surface area contributed by atoms with Gasteiger partial charge in [-0.05, 0) is 30.0 Å². The molecule has 1 aliphatic rings. The van der Waals surface area contributed by atoms with Crippen LogP contribution >= 0.6 is 0 Å². The van der Waals surface area contributed by atoms with Gasteiger partial charge in [0.1, 0.15) is 0 Å². The van der Waals surface area contributed by atoms with Crippen LogP contribution in [0.25, 0.3) is 0 Å². The second-order valence-electron chi connectivity index (χ2n) is 6.93. The molecule has 140 valence electrons. The summed E-state index contributed by atoms with van der Waals surface area (Å²) in [4.78, 5) is 11.1. The minimum absolute atomic E-state index is 0.272. The molecule has 3 heterocycles. The maximum atomic E-state index is 5.82. The Labute approximate surface area is 159 Å². The zero-order chi connectivity index (χ0) is 18.3. The predicted octanol–water partition coefficient (Wildman–Crippen LogP) is 3.24. The first-order valence-electron chi connectivity index (χ1n) is 9.43. The number of pyridine rings is 1. The predicted molar refractivity (Wildman–Crippen MR) is 101 cm³/mol. The number of nitrogens with zero attached hydrogens (tertiary/aromatic N) is 4. The molecular formula is C21H24N4O2. The molecule has 6 heteroatoms. The molecule has 0 bridgehead atoms. The van der Waals surface area contributed by atoms with Crippen molar-refractivity contribution < 1.29 is 9.26 Å². The van der Waals surface area contributed by atoms with Gasteiger partial charge in [0.2, 0.25) is 5.89 Å². The fourth-order valence-electron chi connectivity index (χ4n) is 3.41. The maximum Gasteiger partial charge on any atom is 0.240 e. The summed E-state index contributed by atoms with van der Waals surface area (Å²) in [6, 6.07) is 14.2. The van der Waals surface area contributed by atoms with E-state index in [0.29, 0.717) is 18.9 Å². The van der Waals surface area contributed by atoms with Crippen molar-refractivity contribution in [3.8, 4) is 0 Å². The summed E-state index contributed by atoms with van der Waals surface area (Å²) in [6.45, 7) is 3.10. The lowest BCUT2D eigenvalue weighted by molar-refractivity contribution is 0.0640. The van der Waals surface area contributed by atoms with Crippen LogP contribution in [0, 0.1) is 0 Å². The normalized spacial score (nSPS) is 16.9. The van der Waals surface area contributed by atoms with Crippen molar-refractivity contribution in [3.63, 3.8) is 0 Å². The first kappa shape index (κ1) is 17.8. The molecule has 0 spiro atoms. The van der Waals surface area contributed by atoms with E-state index >= 15 is 0 Å². The molecule has 1 atom stereocenters. The summed E-state index contributed by atoms with van der Waals surface area (Å²) in [5.41, 5.74) is 2.34. The highest BCUT2D eigenvalue weighted by molar-refractivity contribution is 5.18. The second-order valence-corrected chi connectivity index (χ2v) is 6.93. The Hall–Kier alpha value is -2.57. The Morgan fingerprint density at radius 1 is 1.04 bits per heavy atom. The van der Waals surface area contributed by atoms with Crippen molar-refractivity contribution in [2.24, 2.45) is 0 Å². The molecule has 0 radical (unpaired) electrons. The van der Waals surface area contributed by atoms with Crippen LogP contribution in [0.15, 0.2) is 59.4 Å². The van der Waals surface area contributed by atoms with Crippen LogP contribution in [-0.4, -0.2) is 39.3 Å². The average Bonchev–Trinajstić information content (AvgIpc) is 3.36. The molecule has 3 aromatic rings. The van der Waals surface area contributed by atoms with E-state index < -0.39 is 0 Å². The summed E-state index contributed by atoms with van der Waals surface area (Å²) < 4.78 is 11.3. The van der Waals surface area contributed by atoms with Crippen LogP contribution in [0.3, 0.4) is 0 Å². The van der Waals surface area contributed by atoms with Gasteiger partial charge in [-0.15, -0.1) is 0 Å². The van der Waals surface area contributed by atoms with Crippen molar-refractivity contribution in [1.29, 1.82) is 0 Å². The van der Waals surface area contributed by atoms with Crippen molar-refractivity contribution in [1.82, 2.24) is 20.0 Å². The van der Waals surface area contributed by atoms with Gasteiger partial charge in [0.05, 0.1) is 12.6 Å². The highest BCUT2D eigenvalue weighted by Gasteiger charge is 2.21. The zero-order valence-corrected chi connectivity index (χ0v) is 15.3. The van der Waals surface area contributed by atoms with Gasteiger partial charge in [0, 0.05) is 38.5 Å². The summed E-state index contributed by atoms with van der Waals surface area (Å²) in [6.07, 6.45) is 6.88. The van der Waals surface area contributed by atoms with E-state index in [0.717, 1.165) is 38.4 Å². The Kier molecular flexibility index (Phi) is 5.86. The van der Waals surface area contributed by atoms with Crippen LogP contribution in [-0.2, 0) is 24.2 Å². The maximum absolute atomic E-state index is 5.82. The lowest BCUT2D eigenvalue weighted by Gasteiger charge is -2.23. The van der Waals surface area contributed by atoms with Gasteiger partial charge in [-0.25, -0.2) is 0 Å². The summed E-state index contributed by atoms with van der Waals surface area (Å²) >= 11 is 0. The number of ether oxygens (including phenoxy) is 1. The molecular weight excluding hydrogens is 340 g/mol. The lowest BCUT2D eigenvalue weighted by Crippen LogP contribution is -2.31. The van der Waals surface area contributed by atoms with Crippen LogP contribution in [0.5, 0.6) is 0 Å². The van der Waals surface area contributed by atoms with E-state index in [1.807, 2.05) is 30.5 Å². The minimum Gasteiger partial charge on any atom is -0.377 e. The van der Waals surface area contributed by atoms with Gasteiger partial charge >= 0.3 is 0 Å². The molecule has 0 unspecified atom stereocenters. The molecule has 1 aliphatic heterocycles. The number of aromatic nitrogens is 3. The summed E-state index contributed by atoms with van der Waals surface area (Å²) in [5.74, 6) is 1.36. The molecule has 0 saturated carbocycles. The van der Waals surface area contributed by atoms with Gasteiger partial charge in [-0.3, -0.25) is 9.88 Å². The lowest BCUT2D eigenvalue weighted by atomic mass is 10.1. The Balaban J connectivity index is 1.42. The van der Waals surface area contributed by atoms with Crippen LogP contribution in [0.2, 0.25) is 0 Å². The molecule has 0 amide bonds. The molecule has 6 nitrogen and oxygen atoms in total. The van der Waals surface area contributed by atoms with Crippen molar-refractivity contribution in [2.45, 2.75) is 38.5 Å². The first-order valence-corrected chi connectivity index (χ1v) is 9.43. The smallest absolute Gasteiger partial charge is 0.240 e. The van der Waals surface area contributed by atoms with Crippen molar-refractivity contribution >= 4 is 0 Å². The quantitative estimate of drug-likeness (QED) is 0.611. The van der Waals surface area contributed by atoms with E-state index in [1.54, 1.807) is 6.20 Å². The number of benzene rings is 1. The third-order valence-electron chi connectivity index (χ3n) is 4.69. The van der Waals surface area contributed by atoms with Crippen molar-refractivity contribution in [2.75, 3.05) is 13.2 Å². The fraction of sp³-hybridized carbons (Fsp3) is 0.381. The molecule has 0 N–H and O–H groups in total. The van der Waals surface area contributed by atoms with E-state index in [4.69, 9.17) is 9.26 Å². The molecule has 1 fully saturated rings. The first-order chi connectivity index (χ1) is 13.3. The molecule has 1 aromatic carbocycles. The minimum atomic E-state index is 0.272. The monoisotopic (exact) mass is 364 g/mol. The zero-order valence-electron chi connectivity index (χ0n) is 15.3. The van der Waals surface area contributed by atoms with E-state index in [1.165, 1.54) is 11.1 Å². The number of hydrogen-bond acceptors (Lipinski definition) is 6. The van der Waals surface area contributed by atoms with Crippen LogP contribution < -0.4 is 0 Å². The van der Waals surface area contributed by atoms with Crippen LogP contribution in [0.4, 0.5) is 0 Å². The van der Waals surface area contributed by atoms with Crippen LogP contribution in [0.1, 0.15) is 35.7 Å². The molecule has 2 aromatic heterocycles. The van der Waals surface area contributed by atoms with E-state index in [-0.39, 0.29) is 6.10 Å². The molecule has 4 rings (SSSR count). The SMILES string of the molecule is c1ccc(Cc2noc(CN(Cc3cccnc3)C[C@H]3CCCO3)n2)cc1.